The number of nitrogens with two attached hydrogens (primary N) is 1. The minimum absolute atomic E-state index is 0.156. The molecule has 1 unspecified atom stereocenters. The molecule has 0 heterocycles. The molecule has 98 valence electrons. The Hall–Kier alpha value is -0.0800. The molecule has 16 heavy (non-hydrogen) atoms. The molecule has 0 saturated heterocycles. The minimum Gasteiger partial charge on any atom is -0.396 e. The lowest BCUT2D eigenvalue weighted by molar-refractivity contribution is 0.237. The molecule has 0 saturated carbocycles. The fraction of sp³-hybridized carbons (Fsp3) is 1.00. The first-order chi connectivity index (χ1) is 7.62. The van der Waals surface area contributed by atoms with E-state index in [1.165, 1.54) is 51.4 Å². The molecule has 0 amide bonds. The number of rotatable bonds is 11. The normalized spacial score (nSPS) is 15.0. The number of unbranched alkanes of at least 4 members (excludes halogenated alkanes) is 7. The summed E-state index contributed by atoms with van der Waals surface area (Å²) in [6, 6.07) is 0. The van der Waals surface area contributed by atoms with E-state index < -0.39 is 0 Å². The van der Waals surface area contributed by atoms with Crippen LogP contribution < -0.4 is 5.73 Å². The Morgan fingerprint density at radius 3 is 1.88 bits per heavy atom. The zero-order valence-electron chi connectivity index (χ0n) is 11.3. The van der Waals surface area contributed by atoms with Gasteiger partial charge < -0.3 is 10.8 Å². The van der Waals surface area contributed by atoms with Gasteiger partial charge in [0.25, 0.3) is 0 Å². The van der Waals surface area contributed by atoms with Crippen LogP contribution in [0.2, 0.25) is 0 Å². The molecule has 2 nitrogen and oxygen atoms in total. The van der Waals surface area contributed by atoms with Gasteiger partial charge in [-0.15, -0.1) is 0 Å². The van der Waals surface area contributed by atoms with Gasteiger partial charge in [0.05, 0.1) is 0 Å². The lowest BCUT2D eigenvalue weighted by atomic mass is 9.92. The highest BCUT2D eigenvalue weighted by atomic mass is 16.3. The maximum absolute atomic E-state index is 8.85. The van der Waals surface area contributed by atoms with Crippen LogP contribution in [-0.2, 0) is 0 Å². The van der Waals surface area contributed by atoms with Crippen molar-refractivity contribution < 1.29 is 5.11 Å². The third-order valence-corrected chi connectivity index (χ3v) is 3.28. The summed E-state index contributed by atoms with van der Waals surface area (Å²) in [6.07, 6.45) is 12.5. The van der Waals surface area contributed by atoms with Gasteiger partial charge in [0.1, 0.15) is 0 Å². The third kappa shape index (κ3) is 10.4. The molecule has 0 aliphatic carbocycles. The van der Waals surface area contributed by atoms with Crippen molar-refractivity contribution in [2.24, 2.45) is 5.73 Å². The van der Waals surface area contributed by atoms with E-state index in [-0.39, 0.29) is 12.1 Å². The maximum atomic E-state index is 8.85. The van der Waals surface area contributed by atoms with Crippen LogP contribution in [0.1, 0.15) is 78.1 Å². The average Bonchev–Trinajstić information content (AvgIpc) is 2.22. The van der Waals surface area contributed by atoms with Crippen LogP contribution in [-0.4, -0.2) is 17.3 Å². The van der Waals surface area contributed by atoms with Crippen molar-refractivity contribution >= 4 is 0 Å². The molecule has 0 aromatic heterocycles. The first-order valence-corrected chi connectivity index (χ1v) is 7.02. The largest absolute Gasteiger partial charge is 0.396 e. The summed E-state index contributed by atoms with van der Waals surface area (Å²) in [4.78, 5) is 0. The van der Waals surface area contributed by atoms with Gasteiger partial charge in [-0.1, -0.05) is 58.3 Å². The van der Waals surface area contributed by atoms with Gasteiger partial charge in [-0.05, 0) is 19.8 Å². The molecule has 1 atom stereocenters. The highest BCUT2D eigenvalue weighted by Gasteiger charge is 2.16. The predicted molar refractivity (Wildman–Crippen MR) is 71.5 cm³/mol. The monoisotopic (exact) mass is 229 g/mol. The SMILES string of the molecule is CCCCCCCCCCC(C)(N)CCO. The molecule has 0 fully saturated rings. The zero-order chi connectivity index (χ0) is 12.3. The maximum Gasteiger partial charge on any atom is 0.0448 e. The lowest BCUT2D eigenvalue weighted by Gasteiger charge is -2.23. The Balaban J connectivity index is 3.20. The summed E-state index contributed by atoms with van der Waals surface area (Å²) >= 11 is 0. The van der Waals surface area contributed by atoms with E-state index in [1.807, 2.05) is 6.92 Å². The van der Waals surface area contributed by atoms with E-state index in [2.05, 4.69) is 6.92 Å². The van der Waals surface area contributed by atoms with Gasteiger partial charge in [0.15, 0.2) is 0 Å². The van der Waals surface area contributed by atoms with Crippen molar-refractivity contribution in [1.29, 1.82) is 0 Å². The standard InChI is InChI=1S/C14H31NO/c1-3-4-5-6-7-8-9-10-11-14(2,15)12-13-16/h16H,3-13,15H2,1-2H3. The van der Waals surface area contributed by atoms with E-state index in [0.717, 1.165) is 12.8 Å². The second-order valence-electron chi connectivity index (χ2n) is 5.35. The Morgan fingerprint density at radius 1 is 0.875 bits per heavy atom. The van der Waals surface area contributed by atoms with E-state index in [0.29, 0.717) is 0 Å². The molecule has 3 N–H and O–H groups in total. The zero-order valence-corrected chi connectivity index (χ0v) is 11.3. The summed E-state index contributed by atoms with van der Waals surface area (Å²) in [5, 5.41) is 8.85. The van der Waals surface area contributed by atoms with Crippen molar-refractivity contribution in [1.82, 2.24) is 0 Å². The number of hydrogen-bond acceptors (Lipinski definition) is 2. The van der Waals surface area contributed by atoms with Crippen molar-refractivity contribution in [2.75, 3.05) is 6.61 Å². The van der Waals surface area contributed by atoms with Crippen LogP contribution in [0.5, 0.6) is 0 Å². The van der Waals surface area contributed by atoms with Crippen LogP contribution in [0, 0.1) is 0 Å². The summed E-state index contributed by atoms with van der Waals surface area (Å²) < 4.78 is 0. The van der Waals surface area contributed by atoms with Crippen molar-refractivity contribution in [3.8, 4) is 0 Å². The first-order valence-electron chi connectivity index (χ1n) is 7.02. The predicted octanol–water partition coefficient (Wildman–Crippen LogP) is 3.62. The number of aliphatic hydroxyl groups excluding tert-OH is 1. The van der Waals surface area contributed by atoms with Crippen LogP contribution in [0.3, 0.4) is 0 Å². The fourth-order valence-corrected chi connectivity index (χ4v) is 2.04. The van der Waals surface area contributed by atoms with E-state index >= 15 is 0 Å². The van der Waals surface area contributed by atoms with Gasteiger partial charge in [0.2, 0.25) is 0 Å². The second kappa shape index (κ2) is 10.1. The fourth-order valence-electron chi connectivity index (χ4n) is 2.04. The van der Waals surface area contributed by atoms with Crippen molar-refractivity contribution in [3.05, 3.63) is 0 Å². The molecule has 0 rings (SSSR count). The molecule has 0 aliphatic rings. The summed E-state index contributed by atoms with van der Waals surface area (Å²) in [7, 11) is 0. The van der Waals surface area contributed by atoms with E-state index in [4.69, 9.17) is 10.8 Å². The Kier molecular flexibility index (Phi) is 10.0. The molecule has 0 spiro atoms. The molecule has 2 heteroatoms. The quantitative estimate of drug-likeness (QED) is 0.532. The summed E-state index contributed by atoms with van der Waals surface area (Å²) in [6.45, 7) is 4.51. The first kappa shape index (κ1) is 15.9. The highest BCUT2D eigenvalue weighted by Crippen LogP contribution is 2.16. The van der Waals surface area contributed by atoms with Gasteiger partial charge in [-0.25, -0.2) is 0 Å². The Labute approximate surface area is 102 Å². The molecule has 0 aromatic rings. The summed E-state index contributed by atoms with van der Waals surface area (Å²) in [5.41, 5.74) is 5.89. The lowest BCUT2D eigenvalue weighted by Crippen LogP contribution is -2.36. The van der Waals surface area contributed by atoms with Crippen LogP contribution in [0.25, 0.3) is 0 Å². The topological polar surface area (TPSA) is 46.2 Å². The highest BCUT2D eigenvalue weighted by molar-refractivity contribution is 4.77. The molecule has 0 aromatic carbocycles. The molecular formula is C14H31NO. The third-order valence-electron chi connectivity index (χ3n) is 3.28. The number of aliphatic hydroxyl groups is 1. The van der Waals surface area contributed by atoms with Crippen LogP contribution in [0.4, 0.5) is 0 Å². The van der Waals surface area contributed by atoms with Gasteiger partial charge in [0, 0.05) is 12.1 Å². The molecular weight excluding hydrogens is 198 g/mol. The molecule has 0 radical (unpaired) electrons. The number of hydrogen-bond donors (Lipinski definition) is 2. The smallest absolute Gasteiger partial charge is 0.0448 e. The van der Waals surface area contributed by atoms with Crippen molar-refractivity contribution in [2.45, 2.75) is 83.6 Å². The summed E-state index contributed by atoms with van der Waals surface area (Å²) in [5.74, 6) is 0. The van der Waals surface area contributed by atoms with E-state index in [9.17, 15) is 0 Å². The Bertz CT molecular complexity index is 146. The van der Waals surface area contributed by atoms with Gasteiger partial charge in [-0.3, -0.25) is 0 Å². The second-order valence-corrected chi connectivity index (χ2v) is 5.35. The van der Waals surface area contributed by atoms with Gasteiger partial charge in [-0.2, -0.15) is 0 Å². The van der Waals surface area contributed by atoms with Crippen LogP contribution in [0.15, 0.2) is 0 Å². The average molecular weight is 229 g/mol. The van der Waals surface area contributed by atoms with Gasteiger partial charge >= 0.3 is 0 Å². The Morgan fingerprint density at radius 2 is 1.38 bits per heavy atom. The molecule has 0 bridgehead atoms. The van der Waals surface area contributed by atoms with E-state index in [1.54, 1.807) is 0 Å². The minimum atomic E-state index is -0.156. The van der Waals surface area contributed by atoms with Crippen molar-refractivity contribution in [3.63, 3.8) is 0 Å². The van der Waals surface area contributed by atoms with Crippen LogP contribution >= 0.6 is 0 Å². The molecule has 0 aliphatic heterocycles.